The SMILES string of the molecule is O=c1[nH]c2ncncc2cc1-c1c(Cl)cccc1Cl. The molecule has 4 nitrogen and oxygen atoms in total. The molecular weight excluding hydrogens is 285 g/mol. The lowest BCUT2D eigenvalue weighted by Crippen LogP contribution is -2.10. The smallest absolute Gasteiger partial charge is 0.257 e. The van der Waals surface area contributed by atoms with E-state index >= 15 is 0 Å². The predicted molar refractivity (Wildman–Crippen MR) is 75.6 cm³/mol. The standard InChI is InChI=1S/C13H7Cl2N3O/c14-9-2-1-3-10(15)11(9)8-4-7-5-16-6-17-12(7)18-13(8)19/h1-6H,(H,16,17,18,19). The van der Waals surface area contributed by atoms with Crippen molar-refractivity contribution in [2.45, 2.75) is 0 Å². The van der Waals surface area contributed by atoms with E-state index in [0.29, 0.717) is 32.2 Å². The van der Waals surface area contributed by atoms with Crippen LogP contribution < -0.4 is 5.56 Å². The minimum Gasteiger partial charge on any atom is -0.306 e. The zero-order chi connectivity index (χ0) is 13.4. The van der Waals surface area contributed by atoms with Crippen LogP contribution in [0, 0.1) is 0 Å². The molecule has 0 unspecified atom stereocenters. The second-order valence-electron chi connectivity index (χ2n) is 3.94. The number of benzene rings is 1. The Morgan fingerprint density at radius 1 is 1.16 bits per heavy atom. The van der Waals surface area contributed by atoms with Crippen LogP contribution in [-0.2, 0) is 0 Å². The first-order valence-electron chi connectivity index (χ1n) is 5.44. The lowest BCUT2D eigenvalue weighted by atomic mass is 10.1. The predicted octanol–water partition coefficient (Wildman–Crippen LogP) is 3.29. The summed E-state index contributed by atoms with van der Waals surface area (Å²) in [6, 6.07) is 6.79. The van der Waals surface area contributed by atoms with Gasteiger partial charge >= 0.3 is 0 Å². The van der Waals surface area contributed by atoms with Crippen molar-refractivity contribution in [1.29, 1.82) is 0 Å². The molecule has 0 atom stereocenters. The molecule has 1 N–H and O–H groups in total. The quantitative estimate of drug-likeness (QED) is 0.748. The topological polar surface area (TPSA) is 58.6 Å². The van der Waals surface area contributed by atoms with Gasteiger partial charge in [0.1, 0.15) is 12.0 Å². The normalized spacial score (nSPS) is 10.8. The Hall–Kier alpha value is -1.91. The molecule has 2 heterocycles. The highest BCUT2D eigenvalue weighted by Crippen LogP contribution is 2.33. The van der Waals surface area contributed by atoms with E-state index < -0.39 is 0 Å². The van der Waals surface area contributed by atoms with Crippen LogP contribution in [0.25, 0.3) is 22.2 Å². The number of hydrogen-bond acceptors (Lipinski definition) is 3. The Bertz CT molecular complexity index is 809. The molecular formula is C13H7Cl2N3O. The van der Waals surface area contributed by atoms with Gasteiger partial charge in [0.05, 0.1) is 15.6 Å². The van der Waals surface area contributed by atoms with Gasteiger partial charge in [-0.1, -0.05) is 29.3 Å². The van der Waals surface area contributed by atoms with Crippen molar-refractivity contribution < 1.29 is 0 Å². The number of fused-ring (bicyclic) bond motifs is 1. The third-order valence-corrected chi connectivity index (χ3v) is 3.38. The summed E-state index contributed by atoms with van der Waals surface area (Å²) in [7, 11) is 0. The Kier molecular flexibility index (Phi) is 2.97. The first kappa shape index (κ1) is 12.1. The van der Waals surface area contributed by atoms with Crippen LogP contribution >= 0.6 is 23.2 Å². The van der Waals surface area contributed by atoms with Gasteiger partial charge in [0.2, 0.25) is 0 Å². The number of halogens is 2. The van der Waals surface area contributed by atoms with Gasteiger partial charge < -0.3 is 4.98 Å². The number of aromatic nitrogens is 3. The summed E-state index contributed by atoms with van der Waals surface area (Å²) < 4.78 is 0. The number of nitrogens with one attached hydrogen (secondary N) is 1. The monoisotopic (exact) mass is 291 g/mol. The molecule has 0 aliphatic rings. The summed E-state index contributed by atoms with van der Waals surface area (Å²) in [6.45, 7) is 0. The first-order valence-corrected chi connectivity index (χ1v) is 6.20. The van der Waals surface area contributed by atoms with Gasteiger partial charge in [-0.25, -0.2) is 9.97 Å². The van der Waals surface area contributed by atoms with Crippen LogP contribution in [0.15, 0.2) is 41.6 Å². The molecule has 0 amide bonds. The Balaban J connectivity index is 2.37. The van der Waals surface area contributed by atoms with Gasteiger partial charge in [0.15, 0.2) is 0 Å². The molecule has 0 saturated heterocycles. The highest BCUT2D eigenvalue weighted by atomic mass is 35.5. The fourth-order valence-electron chi connectivity index (χ4n) is 1.89. The van der Waals surface area contributed by atoms with Gasteiger partial charge in [-0.05, 0) is 18.2 Å². The molecule has 0 bridgehead atoms. The van der Waals surface area contributed by atoms with Gasteiger partial charge in [-0.15, -0.1) is 0 Å². The molecule has 3 rings (SSSR count). The molecule has 0 spiro atoms. The Morgan fingerprint density at radius 3 is 2.63 bits per heavy atom. The lowest BCUT2D eigenvalue weighted by molar-refractivity contribution is 1.16. The van der Waals surface area contributed by atoms with E-state index in [1.54, 1.807) is 30.5 Å². The highest BCUT2D eigenvalue weighted by Gasteiger charge is 2.13. The van der Waals surface area contributed by atoms with E-state index in [0.717, 1.165) is 0 Å². The van der Waals surface area contributed by atoms with E-state index in [2.05, 4.69) is 15.0 Å². The van der Waals surface area contributed by atoms with Crippen molar-refractivity contribution >= 4 is 34.2 Å². The maximum Gasteiger partial charge on any atom is 0.257 e. The average molecular weight is 292 g/mol. The van der Waals surface area contributed by atoms with Crippen molar-refractivity contribution in [1.82, 2.24) is 15.0 Å². The van der Waals surface area contributed by atoms with E-state index in [1.807, 2.05) is 0 Å². The largest absolute Gasteiger partial charge is 0.306 e. The zero-order valence-electron chi connectivity index (χ0n) is 9.52. The van der Waals surface area contributed by atoms with Crippen molar-refractivity contribution in [2.24, 2.45) is 0 Å². The molecule has 0 aliphatic heterocycles. The average Bonchev–Trinajstić information content (AvgIpc) is 2.39. The molecule has 0 fully saturated rings. The van der Waals surface area contributed by atoms with Crippen LogP contribution in [-0.4, -0.2) is 15.0 Å². The third-order valence-electron chi connectivity index (χ3n) is 2.75. The number of H-pyrrole nitrogens is 1. The van der Waals surface area contributed by atoms with Gasteiger partial charge in [-0.3, -0.25) is 4.79 Å². The minimum atomic E-state index is -0.291. The van der Waals surface area contributed by atoms with Crippen molar-refractivity contribution in [3.8, 4) is 11.1 Å². The molecule has 19 heavy (non-hydrogen) atoms. The first-order chi connectivity index (χ1) is 9.16. The maximum atomic E-state index is 12.1. The molecule has 0 radical (unpaired) electrons. The Labute approximate surface area is 118 Å². The van der Waals surface area contributed by atoms with E-state index in [9.17, 15) is 4.79 Å². The fraction of sp³-hybridized carbons (Fsp3) is 0. The molecule has 3 aromatic rings. The third kappa shape index (κ3) is 2.09. The number of nitrogens with zero attached hydrogens (tertiary/aromatic N) is 2. The van der Waals surface area contributed by atoms with Crippen LogP contribution in [0.3, 0.4) is 0 Å². The molecule has 94 valence electrons. The lowest BCUT2D eigenvalue weighted by Gasteiger charge is -2.07. The van der Waals surface area contributed by atoms with Gasteiger partial charge in [0, 0.05) is 17.1 Å². The molecule has 6 heteroatoms. The van der Waals surface area contributed by atoms with E-state index in [1.165, 1.54) is 6.33 Å². The second-order valence-corrected chi connectivity index (χ2v) is 4.75. The maximum absolute atomic E-state index is 12.1. The summed E-state index contributed by atoms with van der Waals surface area (Å²) in [4.78, 5) is 22.7. The molecule has 0 aliphatic carbocycles. The minimum absolute atomic E-state index is 0.291. The van der Waals surface area contributed by atoms with Gasteiger partial charge in [0.25, 0.3) is 5.56 Å². The van der Waals surface area contributed by atoms with Crippen molar-refractivity contribution in [3.63, 3.8) is 0 Å². The molecule has 2 aromatic heterocycles. The number of aromatic amines is 1. The number of pyridine rings is 1. The van der Waals surface area contributed by atoms with Crippen LogP contribution in [0.4, 0.5) is 0 Å². The summed E-state index contributed by atoms with van der Waals surface area (Å²) in [6.07, 6.45) is 2.99. The zero-order valence-corrected chi connectivity index (χ0v) is 11.0. The van der Waals surface area contributed by atoms with Crippen LogP contribution in [0.1, 0.15) is 0 Å². The molecule has 1 aromatic carbocycles. The van der Waals surface area contributed by atoms with Crippen LogP contribution in [0.2, 0.25) is 10.0 Å². The van der Waals surface area contributed by atoms with E-state index in [-0.39, 0.29) is 5.56 Å². The second kappa shape index (κ2) is 4.64. The highest BCUT2D eigenvalue weighted by molar-refractivity contribution is 6.39. The molecule has 0 saturated carbocycles. The Morgan fingerprint density at radius 2 is 1.89 bits per heavy atom. The summed E-state index contributed by atoms with van der Waals surface area (Å²) in [5.74, 6) is 0. The van der Waals surface area contributed by atoms with Crippen molar-refractivity contribution in [2.75, 3.05) is 0 Å². The fourth-order valence-corrected chi connectivity index (χ4v) is 2.49. The number of rotatable bonds is 1. The summed E-state index contributed by atoms with van der Waals surface area (Å²) in [5.41, 5.74) is 1.10. The summed E-state index contributed by atoms with van der Waals surface area (Å²) in [5, 5.41) is 1.57. The summed E-state index contributed by atoms with van der Waals surface area (Å²) >= 11 is 12.2. The number of hydrogen-bond donors (Lipinski definition) is 1. The van der Waals surface area contributed by atoms with Gasteiger partial charge in [-0.2, -0.15) is 0 Å². The van der Waals surface area contributed by atoms with E-state index in [4.69, 9.17) is 23.2 Å². The van der Waals surface area contributed by atoms with Crippen LogP contribution in [0.5, 0.6) is 0 Å². The van der Waals surface area contributed by atoms with Crippen molar-refractivity contribution in [3.05, 3.63) is 57.2 Å².